The largest absolute Gasteiger partial charge is 0.468 e. The molecule has 0 aromatic rings. The summed E-state index contributed by atoms with van der Waals surface area (Å²) in [5, 5.41) is 2.95. The number of hydrogen-bond donors (Lipinski definition) is 2. The third kappa shape index (κ3) is 18.3. The normalized spacial score (nSPS) is 12.0. The number of nitrogens with two attached hydrogens (primary N) is 1. The van der Waals surface area contributed by atoms with Crippen molar-refractivity contribution in [2.24, 2.45) is 5.73 Å². The summed E-state index contributed by atoms with van der Waals surface area (Å²) in [5.41, 5.74) is 5.67. The minimum Gasteiger partial charge on any atom is -0.468 e. The highest BCUT2D eigenvalue weighted by atomic mass is 16.5. The average Bonchev–Trinajstić information content (AvgIpc) is 2.70. The van der Waals surface area contributed by atoms with Crippen LogP contribution in [0.2, 0.25) is 0 Å². The van der Waals surface area contributed by atoms with Crippen LogP contribution in [0.3, 0.4) is 0 Å². The minimum absolute atomic E-state index is 0.139. The van der Waals surface area contributed by atoms with E-state index in [1.807, 2.05) is 0 Å². The van der Waals surface area contributed by atoms with Crippen molar-refractivity contribution in [2.45, 2.75) is 122 Å². The van der Waals surface area contributed by atoms with Gasteiger partial charge in [0, 0.05) is 13.0 Å². The molecule has 0 aliphatic rings. The third-order valence-corrected chi connectivity index (χ3v) is 5.28. The first kappa shape index (κ1) is 26.9. The molecule has 0 fully saturated rings. The van der Waals surface area contributed by atoms with Gasteiger partial charge in [0.1, 0.15) is 6.04 Å². The van der Waals surface area contributed by atoms with Gasteiger partial charge in [-0.1, -0.05) is 84.0 Å². The van der Waals surface area contributed by atoms with Gasteiger partial charge in [-0.15, -0.1) is 0 Å². The van der Waals surface area contributed by atoms with E-state index in [1.165, 1.54) is 77.7 Å². The Morgan fingerprint density at radius 3 is 1.79 bits per heavy atom. The summed E-state index contributed by atoms with van der Waals surface area (Å²) < 4.78 is 4.59. The predicted molar refractivity (Wildman–Crippen MR) is 117 cm³/mol. The molecule has 0 aliphatic carbocycles. The molecule has 0 saturated carbocycles. The molecule has 0 aromatic heterocycles. The molecule has 3 N–H and O–H groups in total. The number of nitrogens with one attached hydrogen (secondary N) is 1. The standard InChI is InChI=1S/C23H46N2O3/c1-3-4-5-6-7-8-9-10-11-12-13-14-15-19-22(26)25-20-17-16-18-21(24)23(27)28-2/h21H,3-20,24H2,1-2H3,(H,25,26). The molecule has 28 heavy (non-hydrogen) atoms. The van der Waals surface area contributed by atoms with Gasteiger partial charge >= 0.3 is 5.97 Å². The van der Waals surface area contributed by atoms with Gasteiger partial charge in [0.15, 0.2) is 0 Å². The summed E-state index contributed by atoms with van der Waals surface area (Å²) in [4.78, 5) is 23.0. The molecule has 1 atom stereocenters. The van der Waals surface area contributed by atoms with Crippen LogP contribution in [0.4, 0.5) is 0 Å². The first-order chi connectivity index (χ1) is 13.6. The van der Waals surface area contributed by atoms with Crippen molar-refractivity contribution < 1.29 is 14.3 Å². The Morgan fingerprint density at radius 1 is 0.786 bits per heavy atom. The third-order valence-electron chi connectivity index (χ3n) is 5.28. The maximum absolute atomic E-state index is 11.8. The summed E-state index contributed by atoms with van der Waals surface area (Å²) in [6, 6.07) is -0.550. The van der Waals surface area contributed by atoms with E-state index in [4.69, 9.17) is 5.73 Å². The Labute approximate surface area is 173 Å². The van der Waals surface area contributed by atoms with Crippen molar-refractivity contribution in [1.29, 1.82) is 0 Å². The maximum atomic E-state index is 11.8. The first-order valence-corrected chi connectivity index (χ1v) is 11.7. The van der Waals surface area contributed by atoms with E-state index in [0.29, 0.717) is 19.4 Å². The molecular formula is C23H46N2O3. The zero-order valence-electron chi connectivity index (χ0n) is 18.6. The van der Waals surface area contributed by atoms with Crippen LogP contribution in [0.25, 0.3) is 0 Å². The molecule has 0 saturated heterocycles. The summed E-state index contributed by atoms with van der Waals surface area (Å²) in [7, 11) is 1.35. The maximum Gasteiger partial charge on any atom is 0.322 e. The number of ether oxygens (including phenoxy) is 1. The Balaban J connectivity index is 3.26. The lowest BCUT2D eigenvalue weighted by atomic mass is 10.0. The molecule has 5 heteroatoms. The minimum atomic E-state index is -0.550. The summed E-state index contributed by atoms with van der Waals surface area (Å²) in [6.45, 7) is 2.92. The molecule has 0 spiro atoms. The van der Waals surface area contributed by atoms with Crippen LogP contribution in [0, 0.1) is 0 Å². The molecular weight excluding hydrogens is 352 g/mol. The Kier molecular flexibility index (Phi) is 19.8. The number of amides is 1. The Bertz CT molecular complexity index is 375. The second kappa shape index (κ2) is 20.6. The van der Waals surface area contributed by atoms with Crippen molar-refractivity contribution in [2.75, 3.05) is 13.7 Å². The zero-order chi connectivity index (χ0) is 20.9. The predicted octanol–water partition coefficient (Wildman–Crippen LogP) is 5.25. The lowest BCUT2D eigenvalue weighted by Crippen LogP contribution is -2.31. The number of methoxy groups -OCH3 is 1. The molecule has 0 radical (unpaired) electrons. The van der Waals surface area contributed by atoms with Crippen LogP contribution in [0.1, 0.15) is 116 Å². The molecule has 5 nitrogen and oxygen atoms in total. The highest BCUT2D eigenvalue weighted by molar-refractivity contribution is 5.76. The van der Waals surface area contributed by atoms with Gasteiger partial charge in [-0.05, 0) is 25.7 Å². The van der Waals surface area contributed by atoms with Gasteiger partial charge in [-0.2, -0.15) is 0 Å². The number of carbonyl (C=O) groups is 2. The van der Waals surface area contributed by atoms with Gasteiger partial charge in [-0.3, -0.25) is 9.59 Å². The van der Waals surface area contributed by atoms with E-state index in [2.05, 4.69) is 17.0 Å². The van der Waals surface area contributed by atoms with Crippen LogP contribution in [0.5, 0.6) is 0 Å². The lowest BCUT2D eigenvalue weighted by molar-refractivity contribution is -0.142. The molecule has 0 aliphatic heterocycles. The van der Waals surface area contributed by atoms with Gasteiger partial charge in [0.2, 0.25) is 5.91 Å². The van der Waals surface area contributed by atoms with Gasteiger partial charge in [-0.25, -0.2) is 0 Å². The van der Waals surface area contributed by atoms with Crippen molar-refractivity contribution in [3.8, 4) is 0 Å². The van der Waals surface area contributed by atoms with Gasteiger partial charge in [0.05, 0.1) is 7.11 Å². The van der Waals surface area contributed by atoms with E-state index in [1.54, 1.807) is 0 Å². The Morgan fingerprint density at radius 2 is 1.29 bits per heavy atom. The molecule has 0 heterocycles. The molecule has 0 bridgehead atoms. The molecule has 1 amide bonds. The number of hydrogen-bond acceptors (Lipinski definition) is 4. The topological polar surface area (TPSA) is 81.4 Å². The van der Waals surface area contributed by atoms with E-state index >= 15 is 0 Å². The van der Waals surface area contributed by atoms with Crippen LogP contribution >= 0.6 is 0 Å². The van der Waals surface area contributed by atoms with E-state index < -0.39 is 6.04 Å². The summed E-state index contributed by atoms with van der Waals surface area (Å²) in [5.74, 6) is -0.230. The number of rotatable bonds is 20. The molecule has 0 aromatic carbocycles. The molecule has 1 unspecified atom stereocenters. The molecule has 0 rings (SSSR count). The van der Waals surface area contributed by atoms with Gasteiger partial charge < -0.3 is 15.8 Å². The smallest absolute Gasteiger partial charge is 0.322 e. The fourth-order valence-corrected chi connectivity index (χ4v) is 3.38. The summed E-state index contributed by atoms with van der Waals surface area (Å²) in [6.07, 6.45) is 20.0. The SMILES string of the molecule is CCCCCCCCCCCCCCCC(=O)NCCCCC(N)C(=O)OC. The van der Waals surface area contributed by atoms with Crippen LogP contribution in [-0.2, 0) is 14.3 Å². The van der Waals surface area contributed by atoms with Crippen LogP contribution in [0.15, 0.2) is 0 Å². The summed E-state index contributed by atoms with van der Waals surface area (Å²) >= 11 is 0. The first-order valence-electron chi connectivity index (χ1n) is 11.7. The van der Waals surface area contributed by atoms with Crippen molar-refractivity contribution in [3.63, 3.8) is 0 Å². The fraction of sp³-hybridized carbons (Fsp3) is 0.913. The number of carbonyl (C=O) groups excluding carboxylic acids is 2. The fourth-order valence-electron chi connectivity index (χ4n) is 3.38. The van der Waals surface area contributed by atoms with Crippen LogP contribution in [-0.4, -0.2) is 31.6 Å². The van der Waals surface area contributed by atoms with Crippen molar-refractivity contribution in [3.05, 3.63) is 0 Å². The second-order valence-electron chi connectivity index (χ2n) is 7.97. The quantitative estimate of drug-likeness (QED) is 0.217. The molecule has 166 valence electrons. The Hall–Kier alpha value is -1.10. The van der Waals surface area contributed by atoms with E-state index in [-0.39, 0.29) is 11.9 Å². The number of esters is 1. The zero-order valence-corrected chi connectivity index (χ0v) is 18.6. The highest BCUT2D eigenvalue weighted by Crippen LogP contribution is 2.12. The lowest BCUT2D eigenvalue weighted by Gasteiger charge is -2.09. The highest BCUT2D eigenvalue weighted by Gasteiger charge is 2.12. The monoisotopic (exact) mass is 398 g/mol. The van der Waals surface area contributed by atoms with Crippen LogP contribution < -0.4 is 11.1 Å². The van der Waals surface area contributed by atoms with E-state index in [0.717, 1.165) is 25.7 Å². The second-order valence-corrected chi connectivity index (χ2v) is 7.97. The van der Waals surface area contributed by atoms with Gasteiger partial charge in [0.25, 0.3) is 0 Å². The number of unbranched alkanes of at least 4 members (excludes halogenated alkanes) is 13. The van der Waals surface area contributed by atoms with E-state index in [9.17, 15) is 9.59 Å². The average molecular weight is 399 g/mol. The van der Waals surface area contributed by atoms with Crippen molar-refractivity contribution >= 4 is 11.9 Å². The van der Waals surface area contributed by atoms with Crippen molar-refractivity contribution in [1.82, 2.24) is 5.32 Å².